The number of nitrogens with zero attached hydrogens (tertiary/aromatic N) is 3. The average Bonchev–Trinajstić information content (AvgIpc) is 2.70. The Morgan fingerprint density at radius 3 is 2.63 bits per heavy atom. The highest BCUT2D eigenvalue weighted by atomic mass is 32.2. The van der Waals surface area contributed by atoms with Gasteiger partial charge in [0.25, 0.3) is 0 Å². The number of rotatable bonds is 7. The third-order valence-corrected chi connectivity index (χ3v) is 4.50. The number of nitrogen functional groups attached to an aromatic ring is 1. The molecule has 0 atom stereocenters. The van der Waals surface area contributed by atoms with Crippen molar-refractivity contribution in [3.05, 3.63) is 6.20 Å². The highest BCUT2D eigenvalue weighted by Gasteiger charge is 2.25. The minimum Gasteiger partial charge on any atom is -0.381 e. The molecule has 0 bridgehead atoms. The summed E-state index contributed by atoms with van der Waals surface area (Å²) in [5.41, 5.74) is 5.65. The van der Waals surface area contributed by atoms with Gasteiger partial charge < -0.3 is 10.5 Å². The molecule has 0 radical (unpaired) electrons. The zero-order valence-electron chi connectivity index (χ0n) is 11.8. The third-order valence-electron chi connectivity index (χ3n) is 2.62. The fraction of sp³-hybridized carbons (Fsp3) is 0.727. The van der Waals surface area contributed by atoms with Crippen LogP contribution in [0.3, 0.4) is 0 Å². The van der Waals surface area contributed by atoms with Gasteiger partial charge in [0.15, 0.2) is 5.82 Å². The first-order chi connectivity index (χ1) is 8.78. The summed E-state index contributed by atoms with van der Waals surface area (Å²) in [6, 6.07) is 0. The molecule has 0 aliphatic rings. The average molecular weight is 290 g/mol. The summed E-state index contributed by atoms with van der Waals surface area (Å²) < 4.78 is 32.7. The second-order valence-corrected chi connectivity index (χ2v) is 6.49. The Bertz CT molecular complexity index is 510. The number of aryl methyl sites for hydroxylation is 1. The van der Waals surface area contributed by atoms with E-state index in [4.69, 9.17) is 10.5 Å². The van der Waals surface area contributed by atoms with Crippen molar-refractivity contribution in [1.82, 2.24) is 14.1 Å². The number of ether oxygens (including phenoxy) is 1. The van der Waals surface area contributed by atoms with E-state index in [1.165, 1.54) is 22.2 Å². The molecule has 0 saturated heterocycles. The minimum absolute atomic E-state index is 0.0264. The van der Waals surface area contributed by atoms with Gasteiger partial charge in [-0.1, -0.05) is 0 Å². The van der Waals surface area contributed by atoms with Crippen molar-refractivity contribution in [3.63, 3.8) is 0 Å². The highest BCUT2D eigenvalue weighted by molar-refractivity contribution is 7.89. The largest absolute Gasteiger partial charge is 0.381 e. The summed E-state index contributed by atoms with van der Waals surface area (Å²) in [6.07, 6.45) is 1.52. The first-order valence-corrected chi connectivity index (χ1v) is 7.64. The molecule has 0 fully saturated rings. The van der Waals surface area contributed by atoms with Gasteiger partial charge in [0, 0.05) is 26.3 Å². The van der Waals surface area contributed by atoms with Gasteiger partial charge in [0.05, 0.1) is 12.7 Å². The van der Waals surface area contributed by atoms with Crippen LogP contribution in [0.15, 0.2) is 11.1 Å². The van der Waals surface area contributed by atoms with Gasteiger partial charge in [-0.15, -0.1) is 0 Å². The first kappa shape index (κ1) is 15.9. The number of nitrogens with two attached hydrogens (primary N) is 1. The van der Waals surface area contributed by atoms with Gasteiger partial charge in [0.1, 0.15) is 4.90 Å². The number of anilines is 1. The summed E-state index contributed by atoms with van der Waals surface area (Å²) in [7, 11) is -2.11. The Kier molecular flexibility index (Phi) is 5.33. The first-order valence-electron chi connectivity index (χ1n) is 6.20. The molecule has 2 N–H and O–H groups in total. The predicted molar refractivity (Wildman–Crippen MR) is 73.2 cm³/mol. The van der Waals surface area contributed by atoms with E-state index in [2.05, 4.69) is 5.10 Å². The molecule has 0 unspecified atom stereocenters. The Balaban J connectivity index is 2.81. The number of aromatic nitrogens is 2. The van der Waals surface area contributed by atoms with Crippen molar-refractivity contribution in [1.29, 1.82) is 0 Å². The quantitative estimate of drug-likeness (QED) is 0.791. The molecule has 1 aromatic rings. The van der Waals surface area contributed by atoms with Crippen LogP contribution in [-0.2, 0) is 21.3 Å². The lowest BCUT2D eigenvalue weighted by atomic mass is 10.5. The number of hydrogen-bond acceptors (Lipinski definition) is 5. The van der Waals surface area contributed by atoms with E-state index in [1.807, 2.05) is 20.8 Å². The smallest absolute Gasteiger partial charge is 0.248 e. The standard InChI is InChI=1S/C11H22N4O3S/c1-5-15-8-10(11(12)13-15)19(16,17)14(4)6-7-18-9(2)3/h8-9H,5-7H2,1-4H3,(H2,12,13). The number of likely N-dealkylation sites (N-methyl/N-ethyl adjacent to an activating group) is 1. The summed E-state index contributed by atoms with van der Waals surface area (Å²) in [4.78, 5) is 0.0430. The Hall–Kier alpha value is -1.12. The lowest BCUT2D eigenvalue weighted by molar-refractivity contribution is 0.0737. The SMILES string of the molecule is CCn1cc(S(=O)(=O)N(C)CCOC(C)C)c(N)n1. The van der Waals surface area contributed by atoms with E-state index in [0.717, 1.165) is 0 Å². The molecule has 0 aliphatic heterocycles. The van der Waals surface area contributed by atoms with Crippen molar-refractivity contribution >= 4 is 15.8 Å². The molecule has 110 valence electrons. The molecule has 19 heavy (non-hydrogen) atoms. The molecule has 1 aromatic heterocycles. The van der Waals surface area contributed by atoms with Crippen LogP contribution in [0.1, 0.15) is 20.8 Å². The molecule has 1 heterocycles. The summed E-state index contributed by atoms with van der Waals surface area (Å²) in [5.74, 6) is 0.0264. The Labute approximate surface area is 114 Å². The van der Waals surface area contributed by atoms with Gasteiger partial charge in [-0.3, -0.25) is 4.68 Å². The Morgan fingerprint density at radius 1 is 1.53 bits per heavy atom. The molecule has 0 aliphatic carbocycles. The van der Waals surface area contributed by atoms with E-state index in [0.29, 0.717) is 13.2 Å². The highest BCUT2D eigenvalue weighted by Crippen LogP contribution is 2.19. The number of sulfonamides is 1. The zero-order valence-corrected chi connectivity index (χ0v) is 12.6. The lowest BCUT2D eigenvalue weighted by Gasteiger charge is -2.17. The van der Waals surface area contributed by atoms with Crippen LogP contribution in [0.25, 0.3) is 0 Å². The molecule has 0 saturated carbocycles. The van der Waals surface area contributed by atoms with Crippen LogP contribution in [0.2, 0.25) is 0 Å². The van der Waals surface area contributed by atoms with Gasteiger partial charge in [-0.2, -0.15) is 9.40 Å². The maximum Gasteiger partial charge on any atom is 0.248 e. The van der Waals surface area contributed by atoms with E-state index in [-0.39, 0.29) is 23.4 Å². The topological polar surface area (TPSA) is 90.5 Å². The van der Waals surface area contributed by atoms with Gasteiger partial charge in [-0.05, 0) is 20.8 Å². The van der Waals surface area contributed by atoms with Crippen molar-refractivity contribution in [2.45, 2.75) is 38.3 Å². The third kappa shape index (κ3) is 3.92. The number of hydrogen-bond donors (Lipinski definition) is 1. The molecule has 7 nitrogen and oxygen atoms in total. The van der Waals surface area contributed by atoms with E-state index < -0.39 is 10.0 Å². The van der Waals surface area contributed by atoms with Crippen molar-refractivity contribution in [2.75, 3.05) is 25.9 Å². The van der Waals surface area contributed by atoms with Crippen LogP contribution in [0.5, 0.6) is 0 Å². The van der Waals surface area contributed by atoms with E-state index in [1.54, 1.807) is 0 Å². The second-order valence-electron chi connectivity index (χ2n) is 4.48. The molecule has 1 rings (SSSR count). The van der Waals surface area contributed by atoms with Crippen LogP contribution in [-0.4, -0.2) is 48.8 Å². The van der Waals surface area contributed by atoms with Gasteiger partial charge in [-0.25, -0.2) is 8.42 Å². The monoisotopic (exact) mass is 290 g/mol. The van der Waals surface area contributed by atoms with Crippen LogP contribution in [0.4, 0.5) is 5.82 Å². The van der Waals surface area contributed by atoms with Crippen molar-refractivity contribution in [2.24, 2.45) is 0 Å². The summed E-state index contributed by atoms with van der Waals surface area (Å²) in [6.45, 7) is 6.85. The van der Waals surface area contributed by atoms with Gasteiger partial charge >= 0.3 is 0 Å². The second kappa shape index (κ2) is 6.36. The summed E-state index contributed by atoms with van der Waals surface area (Å²) >= 11 is 0. The Morgan fingerprint density at radius 2 is 2.16 bits per heavy atom. The molecule has 0 amide bonds. The van der Waals surface area contributed by atoms with Crippen LogP contribution in [0, 0.1) is 0 Å². The lowest BCUT2D eigenvalue weighted by Crippen LogP contribution is -2.31. The van der Waals surface area contributed by atoms with E-state index >= 15 is 0 Å². The molecule has 0 spiro atoms. The maximum absolute atomic E-state index is 12.3. The minimum atomic E-state index is -3.61. The summed E-state index contributed by atoms with van der Waals surface area (Å²) in [5, 5.41) is 3.94. The van der Waals surface area contributed by atoms with E-state index in [9.17, 15) is 8.42 Å². The van der Waals surface area contributed by atoms with Crippen LogP contribution >= 0.6 is 0 Å². The normalized spacial score (nSPS) is 12.5. The molecule has 0 aromatic carbocycles. The zero-order chi connectivity index (χ0) is 14.6. The van der Waals surface area contributed by atoms with Crippen molar-refractivity contribution in [3.8, 4) is 0 Å². The van der Waals surface area contributed by atoms with Crippen molar-refractivity contribution < 1.29 is 13.2 Å². The molecule has 8 heteroatoms. The fourth-order valence-corrected chi connectivity index (χ4v) is 2.69. The van der Waals surface area contributed by atoms with Crippen LogP contribution < -0.4 is 5.73 Å². The maximum atomic E-state index is 12.3. The molecular weight excluding hydrogens is 268 g/mol. The molecular formula is C11H22N4O3S. The van der Waals surface area contributed by atoms with Gasteiger partial charge in [0.2, 0.25) is 10.0 Å². The predicted octanol–water partition coefficient (Wildman–Crippen LogP) is 0.531. The fourth-order valence-electron chi connectivity index (χ4n) is 1.48.